The summed E-state index contributed by atoms with van der Waals surface area (Å²) in [5, 5.41) is 7.21. The van der Waals surface area contributed by atoms with E-state index in [1.807, 2.05) is 38.1 Å². The number of ketones is 1. The molecular weight excluding hydrogens is 438 g/mol. The number of amides is 1. The summed E-state index contributed by atoms with van der Waals surface area (Å²) in [6.45, 7) is 9.31. The number of nitrogens with zero attached hydrogens (tertiary/aromatic N) is 3. The van der Waals surface area contributed by atoms with E-state index >= 15 is 0 Å². The second kappa shape index (κ2) is 8.74. The summed E-state index contributed by atoms with van der Waals surface area (Å²) in [6.07, 6.45) is 2.52. The molecule has 0 atom stereocenters. The van der Waals surface area contributed by atoms with Gasteiger partial charge >= 0.3 is 5.88 Å². The topological polar surface area (TPSA) is 115 Å². The zero-order valence-electron chi connectivity index (χ0n) is 19.2. The van der Waals surface area contributed by atoms with Crippen LogP contribution in [0.2, 0.25) is 0 Å². The van der Waals surface area contributed by atoms with Crippen LogP contribution in [0.1, 0.15) is 65.0 Å². The molecule has 0 spiro atoms. The molecule has 8 nitrogen and oxygen atoms in total. The quantitative estimate of drug-likeness (QED) is 0.315. The Bertz CT molecular complexity index is 1370. The average molecular weight is 465 g/mol. The minimum absolute atomic E-state index is 0.0904. The van der Waals surface area contributed by atoms with E-state index in [1.54, 1.807) is 17.8 Å². The second-order valence-electron chi connectivity index (χ2n) is 8.17. The first-order valence-electron chi connectivity index (χ1n) is 10.7. The van der Waals surface area contributed by atoms with Crippen molar-refractivity contribution in [2.45, 2.75) is 47.1 Å². The van der Waals surface area contributed by atoms with Crippen LogP contribution in [0.15, 0.2) is 35.0 Å². The molecule has 0 aliphatic carbocycles. The van der Waals surface area contributed by atoms with E-state index in [4.69, 9.17) is 10.3 Å². The minimum atomic E-state index is -0.420. The first-order valence-corrected chi connectivity index (χ1v) is 11.5. The third-order valence-electron chi connectivity index (χ3n) is 5.52. The van der Waals surface area contributed by atoms with Crippen LogP contribution >= 0.6 is 11.3 Å². The first kappa shape index (κ1) is 22.6. The number of fused-ring (bicyclic) bond motifs is 1. The number of benzene rings is 1. The van der Waals surface area contributed by atoms with Crippen LogP contribution in [0.25, 0.3) is 21.3 Å². The Hall–Kier alpha value is -3.59. The predicted molar refractivity (Wildman–Crippen MR) is 129 cm³/mol. The number of hydrogen-bond donors (Lipinski definition) is 2. The number of Topliss-reactive ketones (excluding diaryl/α,β-unsaturated/α-hetero) is 1. The molecular formula is C24H26N5O3S+. The molecule has 0 radical (unpaired) electrons. The number of aromatic nitrogens is 3. The number of pyridine rings is 1. The molecule has 4 aromatic rings. The van der Waals surface area contributed by atoms with Crippen molar-refractivity contribution in [3.8, 4) is 11.1 Å². The van der Waals surface area contributed by atoms with Gasteiger partial charge in [-0.05, 0) is 49.9 Å². The maximum absolute atomic E-state index is 13.0. The third kappa shape index (κ3) is 4.11. The second-order valence-corrected chi connectivity index (χ2v) is 9.17. The van der Waals surface area contributed by atoms with E-state index in [0.29, 0.717) is 31.9 Å². The van der Waals surface area contributed by atoms with Crippen LogP contribution in [-0.4, -0.2) is 21.9 Å². The fraction of sp³-hybridized carbons (Fsp3) is 0.292. The molecule has 1 aromatic carbocycles. The van der Waals surface area contributed by atoms with Crippen molar-refractivity contribution in [1.82, 2.24) is 10.3 Å². The molecule has 0 unspecified atom stereocenters. The fourth-order valence-electron chi connectivity index (χ4n) is 3.79. The van der Waals surface area contributed by atoms with E-state index in [-0.39, 0.29) is 23.4 Å². The van der Waals surface area contributed by atoms with Gasteiger partial charge in [-0.3, -0.25) is 19.4 Å². The number of aryl methyl sites for hydroxylation is 2. The number of nitrogens with one attached hydrogen (secondary N) is 1. The number of carbonyl (C=O) groups is 2. The van der Waals surface area contributed by atoms with Gasteiger partial charge in [0.15, 0.2) is 11.8 Å². The summed E-state index contributed by atoms with van der Waals surface area (Å²) in [5.74, 6) is -0.306. The van der Waals surface area contributed by atoms with Gasteiger partial charge < -0.3 is 5.73 Å². The summed E-state index contributed by atoms with van der Waals surface area (Å²) >= 11 is 1.19. The third-order valence-corrected chi connectivity index (χ3v) is 6.61. The number of thiophene rings is 1. The van der Waals surface area contributed by atoms with Crippen LogP contribution in [-0.2, 0) is 6.42 Å². The van der Waals surface area contributed by atoms with Crippen molar-refractivity contribution < 1.29 is 18.8 Å². The van der Waals surface area contributed by atoms with Crippen LogP contribution in [0.3, 0.4) is 0 Å². The van der Waals surface area contributed by atoms with Crippen molar-refractivity contribution >= 4 is 44.8 Å². The van der Waals surface area contributed by atoms with E-state index in [2.05, 4.69) is 22.5 Å². The van der Waals surface area contributed by atoms with Crippen molar-refractivity contribution in [3.05, 3.63) is 52.2 Å². The molecule has 3 N–H and O–H groups in total. The molecule has 0 saturated carbocycles. The normalized spacial score (nSPS) is 11.3. The molecule has 170 valence electrons. The van der Waals surface area contributed by atoms with Gasteiger partial charge in [0.2, 0.25) is 5.27 Å². The van der Waals surface area contributed by atoms with Gasteiger partial charge in [0, 0.05) is 16.5 Å². The van der Waals surface area contributed by atoms with Gasteiger partial charge in [-0.2, -0.15) is 0 Å². The number of hydrogen-bond acceptors (Lipinski definition) is 7. The van der Waals surface area contributed by atoms with Gasteiger partial charge in [0.05, 0.1) is 11.4 Å². The number of carbonyl (C=O) groups excluding carboxylic acids is 2. The summed E-state index contributed by atoms with van der Waals surface area (Å²) in [6, 6.07) is 8.12. The van der Waals surface area contributed by atoms with Crippen molar-refractivity contribution in [2.24, 2.45) is 0 Å². The smallest absolute Gasteiger partial charge is 0.302 e. The number of anilines is 2. The summed E-state index contributed by atoms with van der Waals surface area (Å²) in [5.41, 5.74) is 10.7. The lowest BCUT2D eigenvalue weighted by molar-refractivity contribution is -0.779. The maximum Gasteiger partial charge on any atom is 0.302 e. The lowest BCUT2D eigenvalue weighted by atomic mass is 9.92. The molecule has 9 heteroatoms. The van der Waals surface area contributed by atoms with E-state index in [9.17, 15) is 9.59 Å². The van der Waals surface area contributed by atoms with Gasteiger partial charge in [-0.15, -0.1) is 11.3 Å². The van der Waals surface area contributed by atoms with Gasteiger partial charge in [-0.25, -0.2) is 4.98 Å². The summed E-state index contributed by atoms with van der Waals surface area (Å²) < 4.78 is 6.80. The monoisotopic (exact) mass is 464 g/mol. The molecule has 4 rings (SSSR count). The molecule has 3 heterocycles. The summed E-state index contributed by atoms with van der Waals surface area (Å²) in [7, 11) is 0. The highest BCUT2D eigenvalue weighted by Crippen LogP contribution is 2.42. The molecule has 0 aliphatic heterocycles. The molecule has 0 bridgehead atoms. The van der Waals surface area contributed by atoms with Crippen molar-refractivity contribution in [3.63, 3.8) is 0 Å². The Morgan fingerprint density at radius 2 is 1.94 bits per heavy atom. The first-order chi connectivity index (χ1) is 15.7. The zero-order chi connectivity index (χ0) is 23.9. The van der Waals surface area contributed by atoms with Gasteiger partial charge in [0.25, 0.3) is 12.1 Å². The maximum atomic E-state index is 13.0. The molecule has 3 aromatic heterocycles. The van der Waals surface area contributed by atoms with Gasteiger partial charge in [0.1, 0.15) is 9.71 Å². The zero-order valence-corrected chi connectivity index (χ0v) is 20.0. The molecule has 0 saturated heterocycles. The Morgan fingerprint density at radius 1 is 1.24 bits per heavy atom. The molecule has 0 aliphatic rings. The number of nitrogen functional groups attached to an aromatic ring is 1. The molecule has 1 amide bonds. The summed E-state index contributed by atoms with van der Waals surface area (Å²) in [4.78, 5) is 31.2. The Kier molecular flexibility index (Phi) is 5.99. The standard InChI is InChI=1S/C24H25N5O3S/c1-6-15-7-9-16(10-8-15)19-18(14(5)30)13(4)26-24-20(19)21(25)22(33-24)23(31)27-17-11-29(12(2)3)28-32-17/h7-12H,6H2,1-5H3,(H2-,25,27,28,31)/p+1. The number of nitrogens with two attached hydrogens (primary N) is 1. The highest BCUT2D eigenvalue weighted by Gasteiger charge is 2.26. The predicted octanol–water partition coefficient (Wildman–Crippen LogP) is 4.73. The van der Waals surface area contributed by atoms with E-state index in [0.717, 1.165) is 12.0 Å². The van der Waals surface area contributed by atoms with Crippen LogP contribution < -0.4 is 15.7 Å². The average Bonchev–Trinajstić information content (AvgIpc) is 3.37. The van der Waals surface area contributed by atoms with Crippen LogP contribution in [0.4, 0.5) is 11.6 Å². The highest BCUT2D eigenvalue weighted by molar-refractivity contribution is 7.21. The minimum Gasteiger partial charge on any atom is -0.397 e. The van der Waals surface area contributed by atoms with Crippen LogP contribution in [0, 0.1) is 6.92 Å². The van der Waals surface area contributed by atoms with Crippen molar-refractivity contribution in [1.29, 1.82) is 0 Å². The van der Waals surface area contributed by atoms with Crippen LogP contribution in [0.5, 0.6) is 0 Å². The Morgan fingerprint density at radius 3 is 2.52 bits per heavy atom. The Balaban J connectivity index is 1.86. The number of rotatable bonds is 6. The Labute approximate surface area is 195 Å². The largest absolute Gasteiger partial charge is 0.397 e. The highest BCUT2D eigenvalue weighted by atomic mass is 32.1. The van der Waals surface area contributed by atoms with E-state index in [1.165, 1.54) is 23.8 Å². The lowest BCUT2D eigenvalue weighted by Crippen LogP contribution is -2.36. The fourth-order valence-corrected chi connectivity index (χ4v) is 4.83. The molecule has 0 fully saturated rings. The van der Waals surface area contributed by atoms with Crippen molar-refractivity contribution in [2.75, 3.05) is 11.1 Å². The lowest BCUT2D eigenvalue weighted by Gasteiger charge is -2.13. The SMILES string of the molecule is CCc1ccc(-c2c(C(C)=O)c(C)nc3sc(C(=O)Nc4c[n+](C(C)C)no4)c(N)c23)cc1. The van der Waals surface area contributed by atoms with E-state index < -0.39 is 5.91 Å². The molecule has 33 heavy (non-hydrogen) atoms. The van der Waals surface area contributed by atoms with Gasteiger partial charge in [-0.1, -0.05) is 31.2 Å².